The molecule has 7 nitrogen and oxygen atoms in total. The fourth-order valence-corrected chi connectivity index (χ4v) is 2.58. The topological polar surface area (TPSA) is 77.7 Å². The van der Waals surface area contributed by atoms with Gasteiger partial charge >= 0.3 is 0 Å². The van der Waals surface area contributed by atoms with Gasteiger partial charge < -0.3 is 14.4 Å². The van der Waals surface area contributed by atoms with Gasteiger partial charge in [0.1, 0.15) is 12.0 Å². The van der Waals surface area contributed by atoms with Gasteiger partial charge in [0.05, 0.1) is 24.7 Å². The lowest BCUT2D eigenvalue weighted by Crippen LogP contribution is -2.34. The Balaban J connectivity index is 1.80. The van der Waals surface area contributed by atoms with Crippen LogP contribution < -0.4 is 4.90 Å². The summed E-state index contributed by atoms with van der Waals surface area (Å²) in [7, 11) is 0. The highest BCUT2D eigenvalue weighted by Gasteiger charge is 2.43. The van der Waals surface area contributed by atoms with Crippen LogP contribution >= 0.6 is 0 Å². The zero-order valence-corrected chi connectivity index (χ0v) is 10.7. The number of nitro groups is 1. The molecule has 0 amide bonds. The van der Waals surface area contributed by atoms with E-state index in [9.17, 15) is 10.1 Å². The Bertz CT molecular complexity index is 514. The second-order valence-electron chi connectivity index (χ2n) is 4.87. The van der Waals surface area contributed by atoms with Crippen LogP contribution in [0.1, 0.15) is 12.0 Å². The second-order valence-corrected chi connectivity index (χ2v) is 4.87. The lowest BCUT2D eigenvalue weighted by atomic mass is 10.2. The summed E-state index contributed by atoms with van der Waals surface area (Å²) in [5.74, 6) is 0.233. The first-order valence-corrected chi connectivity index (χ1v) is 6.24. The normalized spacial score (nSPS) is 21.2. The Kier molecular flexibility index (Phi) is 2.87. The van der Waals surface area contributed by atoms with Crippen molar-refractivity contribution < 1.29 is 14.4 Å². The van der Waals surface area contributed by atoms with E-state index in [0.717, 1.165) is 18.8 Å². The van der Waals surface area contributed by atoms with Crippen LogP contribution in [0.3, 0.4) is 0 Å². The van der Waals surface area contributed by atoms with Gasteiger partial charge in [-0.05, 0) is 13.0 Å². The summed E-state index contributed by atoms with van der Waals surface area (Å²) in [6, 6.07) is 1.74. The van der Waals surface area contributed by atoms with Crippen LogP contribution in [0.2, 0.25) is 0 Å². The summed E-state index contributed by atoms with van der Waals surface area (Å²) in [5.41, 5.74) is 0.662. The van der Waals surface area contributed by atoms with Crippen molar-refractivity contribution in [1.82, 2.24) is 4.98 Å². The molecule has 0 unspecified atom stereocenters. The van der Waals surface area contributed by atoms with E-state index in [1.807, 2.05) is 4.90 Å². The number of anilines is 1. The van der Waals surface area contributed by atoms with Gasteiger partial charge in [-0.2, -0.15) is 0 Å². The minimum absolute atomic E-state index is 0.0472. The van der Waals surface area contributed by atoms with Crippen LogP contribution in [-0.2, 0) is 9.47 Å². The molecule has 2 aliphatic rings. The molecule has 1 aromatic heterocycles. The lowest BCUT2D eigenvalue weighted by Gasteiger charge is -2.22. The van der Waals surface area contributed by atoms with Gasteiger partial charge in [-0.15, -0.1) is 0 Å². The van der Waals surface area contributed by atoms with Crippen molar-refractivity contribution in [3.8, 4) is 0 Å². The highest BCUT2D eigenvalue weighted by atomic mass is 16.7. The lowest BCUT2D eigenvalue weighted by molar-refractivity contribution is -0.385. The van der Waals surface area contributed by atoms with Crippen molar-refractivity contribution in [2.75, 3.05) is 31.2 Å². The van der Waals surface area contributed by atoms with Gasteiger partial charge in [0.15, 0.2) is 5.79 Å². The van der Waals surface area contributed by atoms with Gasteiger partial charge in [-0.3, -0.25) is 10.1 Å². The van der Waals surface area contributed by atoms with E-state index in [4.69, 9.17) is 9.47 Å². The summed E-state index contributed by atoms with van der Waals surface area (Å²) in [6.07, 6.45) is 2.11. The van der Waals surface area contributed by atoms with Gasteiger partial charge in [-0.1, -0.05) is 0 Å². The van der Waals surface area contributed by atoms with Gasteiger partial charge in [-0.25, -0.2) is 4.98 Å². The van der Waals surface area contributed by atoms with Crippen molar-refractivity contribution >= 4 is 11.5 Å². The fourth-order valence-electron chi connectivity index (χ4n) is 2.58. The Morgan fingerprint density at radius 3 is 2.84 bits per heavy atom. The number of rotatable bonds is 2. The average molecular weight is 265 g/mol. The first-order valence-electron chi connectivity index (χ1n) is 6.24. The quantitative estimate of drug-likeness (QED) is 0.591. The molecule has 0 radical (unpaired) electrons. The Morgan fingerprint density at radius 2 is 2.21 bits per heavy atom. The van der Waals surface area contributed by atoms with E-state index in [1.165, 1.54) is 6.20 Å². The van der Waals surface area contributed by atoms with Crippen LogP contribution in [0.5, 0.6) is 0 Å². The van der Waals surface area contributed by atoms with E-state index < -0.39 is 10.7 Å². The third kappa shape index (κ3) is 2.15. The molecule has 0 aromatic carbocycles. The predicted molar refractivity (Wildman–Crippen MR) is 67.1 cm³/mol. The summed E-state index contributed by atoms with van der Waals surface area (Å²) in [5, 5.41) is 10.8. The minimum atomic E-state index is -0.503. The van der Waals surface area contributed by atoms with Crippen molar-refractivity contribution in [3.05, 3.63) is 27.9 Å². The van der Waals surface area contributed by atoms with Gasteiger partial charge in [0.2, 0.25) is 0 Å². The third-order valence-electron chi connectivity index (χ3n) is 3.60. The largest absolute Gasteiger partial charge is 0.351 e. The summed E-state index contributed by atoms with van der Waals surface area (Å²) >= 11 is 0. The molecule has 0 atom stereocenters. The molecule has 2 saturated heterocycles. The molecule has 2 fully saturated rings. The fraction of sp³-hybridized carbons (Fsp3) is 0.583. The minimum Gasteiger partial charge on any atom is -0.351 e. The first-order chi connectivity index (χ1) is 9.10. The molecule has 102 valence electrons. The number of aryl methyl sites for hydroxylation is 1. The molecule has 1 aromatic rings. The maximum Gasteiger partial charge on any atom is 0.290 e. The molecule has 3 heterocycles. The van der Waals surface area contributed by atoms with Crippen LogP contribution in [0.25, 0.3) is 0 Å². The number of hydrogen-bond donors (Lipinski definition) is 0. The van der Waals surface area contributed by atoms with E-state index in [1.54, 1.807) is 13.0 Å². The highest BCUT2D eigenvalue weighted by Crippen LogP contribution is 2.33. The zero-order valence-electron chi connectivity index (χ0n) is 10.7. The third-order valence-corrected chi connectivity index (χ3v) is 3.60. The average Bonchev–Trinajstić information content (AvgIpc) is 3.00. The maximum atomic E-state index is 10.8. The molecule has 2 aliphatic heterocycles. The molecule has 1 spiro atoms. The number of pyridine rings is 1. The van der Waals surface area contributed by atoms with E-state index in [2.05, 4.69) is 4.98 Å². The van der Waals surface area contributed by atoms with E-state index in [0.29, 0.717) is 25.3 Å². The molecule has 0 saturated carbocycles. The van der Waals surface area contributed by atoms with E-state index >= 15 is 0 Å². The molecular formula is C12H15N3O4. The SMILES string of the molecule is Cc1cc(N2CCC3(C2)OCCO3)ncc1[N+](=O)[O-]. The zero-order chi connectivity index (χ0) is 13.5. The Labute approximate surface area is 110 Å². The van der Waals surface area contributed by atoms with Crippen molar-refractivity contribution in [3.63, 3.8) is 0 Å². The predicted octanol–water partition coefficient (Wildman–Crippen LogP) is 1.25. The number of aromatic nitrogens is 1. The standard InChI is InChI=1S/C12H15N3O4/c1-9-6-11(13-7-10(9)15(16)17)14-3-2-12(8-14)18-4-5-19-12/h6-7H,2-5,8H2,1H3. The van der Waals surface area contributed by atoms with Crippen LogP contribution in [0.4, 0.5) is 11.5 Å². The second kappa shape index (κ2) is 4.43. The molecule has 3 rings (SSSR count). The number of ether oxygens (including phenoxy) is 2. The molecule has 0 bridgehead atoms. The van der Waals surface area contributed by atoms with Gasteiger partial charge in [0.25, 0.3) is 5.69 Å². The maximum absolute atomic E-state index is 10.8. The molecule has 7 heteroatoms. The van der Waals surface area contributed by atoms with Crippen LogP contribution in [-0.4, -0.2) is 42.0 Å². The monoisotopic (exact) mass is 265 g/mol. The number of hydrogen-bond acceptors (Lipinski definition) is 6. The summed E-state index contributed by atoms with van der Waals surface area (Å²) in [4.78, 5) is 16.6. The van der Waals surface area contributed by atoms with Crippen molar-refractivity contribution in [1.29, 1.82) is 0 Å². The van der Waals surface area contributed by atoms with Crippen molar-refractivity contribution in [2.45, 2.75) is 19.1 Å². The Hall–Kier alpha value is -1.73. The summed E-state index contributed by atoms with van der Waals surface area (Å²) < 4.78 is 11.3. The molecule has 0 aliphatic carbocycles. The highest BCUT2D eigenvalue weighted by molar-refractivity contribution is 5.49. The first kappa shape index (κ1) is 12.3. The molecular weight excluding hydrogens is 250 g/mol. The van der Waals surface area contributed by atoms with Crippen molar-refractivity contribution in [2.24, 2.45) is 0 Å². The smallest absolute Gasteiger partial charge is 0.290 e. The van der Waals surface area contributed by atoms with Crippen LogP contribution in [0, 0.1) is 17.0 Å². The van der Waals surface area contributed by atoms with Crippen LogP contribution in [0.15, 0.2) is 12.3 Å². The van der Waals surface area contributed by atoms with Gasteiger partial charge in [0, 0.05) is 18.5 Å². The molecule has 19 heavy (non-hydrogen) atoms. The summed E-state index contributed by atoms with van der Waals surface area (Å²) in [6.45, 7) is 4.38. The molecule has 0 N–H and O–H groups in total. The van der Waals surface area contributed by atoms with E-state index in [-0.39, 0.29) is 5.69 Å². The Morgan fingerprint density at radius 1 is 1.47 bits per heavy atom. The number of nitrogens with zero attached hydrogens (tertiary/aromatic N) is 3.